The lowest BCUT2D eigenvalue weighted by molar-refractivity contribution is -0.790. The smallest absolute Gasteiger partial charge is 0.457 e. The maximum atomic E-state index is 12.2. The van der Waals surface area contributed by atoms with Gasteiger partial charge in [-0.15, -0.1) is 20.2 Å². The van der Waals surface area contributed by atoms with Crippen molar-refractivity contribution in [2.75, 3.05) is 19.8 Å². The molecule has 5 atom stereocenters. The maximum absolute atomic E-state index is 12.2. The number of nitro benzene ring substituents is 1. The Morgan fingerprint density at radius 2 is 1.57 bits per heavy atom. The van der Waals surface area contributed by atoms with Gasteiger partial charge in [-0.1, -0.05) is 0 Å². The van der Waals surface area contributed by atoms with E-state index in [4.69, 9.17) is 23.7 Å². The second-order valence-corrected chi connectivity index (χ2v) is 7.75. The van der Waals surface area contributed by atoms with E-state index in [1.165, 1.54) is 12.1 Å². The lowest BCUT2D eigenvalue weighted by Crippen LogP contribution is -2.36. The summed E-state index contributed by atoms with van der Waals surface area (Å²) in [7, 11) is 0. The summed E-state index contributed by atoms with van der Waals surface area (Å²) < 4.78 is 26.6. The lowest BCUT2D eigenvalue weighted by Gasteiger charge is -2.17. The number of carbonyl (C=O) groups excluding carboxylic acids is 2. The second kappa shape index (κ2) is 12.6. The van der Waals surface area contributed by atoms with Crippen LogP contribution in [0.2, 0.25) is 0 Å². The molecule has 18 heteroatoms. The average molecular weight is 531 g/mol. The van der Waals surface area contributed by atoms with Crippen molar-refractivity contribution >= 4 is 17.8 Å². The van der Waals surface area contributed by atoms with E-state index in [-0.39, 0.29) is 43.9 Å². The minimum atomic E-state index is -1.24. The fourth-order valence-electron chi connectivity index (χ4n) is 3.64. The molecule has 2 fully saturated rings. The van der Waals surface area contributed by atoms with Crippen LogP contribution in [0.25, 0.3) is 0 Å². The number of hydrogen-bond donors (Lipinski definition) is 0. The highest BCUT2D eigenvalue weighted by molar-refractivity contribution is 5.69. The Balaban J connectivity index is 1.41. The molecule has 0 N–H and O–H groups in total. The van der Waals surface area contributed by atoms with Crippen molar-refractivity contribution in [3.63, 3.8) is 0 Å². The number of ether oxygens (including phenoxy) is 5. The zero-order valence-corrected chi connectivity index (χ0v) is 18.9. The monoisotopic (exact) mass is 531 g/mol. The van der Waals surface area contributed by atoms with Gasteiger partial charge in [-0.2, -0.15) is 0 Å². The van der Waals surface area contributed by atoms with Gasteiger partial charge >= 0.3 is 12.1 Å². The molecule has 2 saturated heterocycles. The maximum Gasteiger partial charge on any atom is 0.514 e. The van der Waals surface area contributed by atoms with Gasteiger partial charge in [0.25, 0.3) is 15.9 Å². The van der Waals surface area contributed by atoms with Crippen LogP contribution in [-0.2, 0) is 33.4 Å². The summed E-state index contributed by atoms with van der Waals surface area (Å²) in [5, 5.41) is 29.2. The number of nitrogens with zero attached hydrogens (tertiary/aromatic N) is 3. The largest absolute Gasteiger partial charge is 0.514 e. The fourth-order valence-corrected chi connectivity index (χ4v) is 3.64. The van der Waals surface area contributed by atoms with E-state index in [0.717, 1.165) is 12.1 Å². The van der Waals surface area contributed by atoms with Crippen molar-refractivity contribution in [3.05, 3.63) is 54.6 Å². The van der Waals surface area contributed by atoms with Gasteiger partial charge in [0.2, 0.25) is 0 Å². The molecule has 18 nitrogen and oxygen atoms in total. The SMILES string of the molecule is O=C(CCCC(CO[N+](=O)[O-])O[N+](=O)[O-])O[C@@H]1CO[C@H]2[C@@H]1OC[C@H]2OC(=O)Oc1ccc([N+](=O)[O-])cc1. The number of non-ortho nitro benzene ring substituents is 1. The molecule has 0 bridgehead atoms. The summed E-state index contributed by atoms with van der Waals surface area (Å²) >= 11 is 0. The van der Waals surface area contributed by atoms with Crippen molar-refractivity contribution in [2.45, 2.75) is 49.8 Å². The highest BCUT2D eigenvalue weighted by Gasteiger charge is 2.51. The van der Waals surface area contributed by atoms with E-state index in [9.17, 15) is 39.9 Å². The molecule has 2 aliphatic rings. The zero-order valence-electron chi connectivity index (χ0n) is 18.9. The van der Waals surface area contributed by atoms with Crippen LogP contribution in [0.5, 0.6) is 5.75 Å². The van der Waals surface area contributed by atoms with Gasteiger partial charge in [-0.05, 0) is 25.0 Å². The summed E-state index contributed by atoms with van der Waals surface area (Å²) in [6.07, 6.45) is -5.65. The third-order valence-electron chi connectivity index (χ3n) is 5.25. The quantitative estimate of drug-likeness (QED) is 0.150. The Labute approximate surface area is 206 Å². The molecule has 37 heavy (non-hydrogen) atoms. The van der Waals surface area contributed by atoms with Crippen molar-refractivity contribution < 1.29 is 58.0 Å². The van der Waals surface area contributed by atoms with Crippen LogP contribution in [0, 0.1) is 30.3 Å². The first-order chi connectivity index (χ1) is 17.6. The third kappa shape index (κ3) is 8.10. The molecule has 0 amide bonds. The number of rotatable bonds is 13. The van der Waals surface area contributed by atoms with Crippen LogP contribution in [0.3, 0.4) is 0 Å². The van der Waals surface area contributed by atoms with Crippen molar-refractivity contribution in [1.29, 1.82) is 0 Å². The summed E-state index contributed by atoms with van der Waals surface area (Å²) in [5.41, 5.74) is -0.179. The van der Waals surface area contributed by atoms with Gasteiger partial charge in [0.05, 0.1) is 18.1 Å². The Morgan fingerprint density at radius 1 is 0.946 bits per heavy atom. The van der Waals surface area contributed by atoms with Crippen LogP contribution in [-0.4, -0.2) is 77.6 Å². The molecule has 0 saturated carbocycles. The zero-order chi connectivity index (χ0) is 26.9. The number of benzene rings is 1. The molecule has 3 rings (SSSR count). The molecular formula is C19H21N3O15. The molecule has 2 aliphatic heterocycles. The van der Waals surface area contributed by atoms with E-state index in [0.29, 0.717) is 0 Å². The van der Waals surface area contributed by atoms with Gasteiger partial charge < -0.3 is 33.4 Å². The summed E-state index contributed by atoms with van der Waals surface area (Å²) in [5.74, 6) is -0.643. The number of nitro groups is 1. The van der Waals surface area contributed by atoms with Crippen LogP contribution < -0.4 is 4.74 Å². The Hall–Kier alpha value is -4.32. The van der Waals surface area contributed by atoms with Crippen molar-refractivity contribution in [3.8, 4) is 5.75 Å². The molecule has 1 aromatic carbocycles. The molecule has 0 radical (unpaired) electrons. The van der Waals surface area contributed by atoms with Gasteiger partial charge in [-0.25, -0.2) is 4.79 Å². The first-order valence-electron chi connectivity index (χ1n) is 10.8. The Morgan fingerprint density at radius 3 is 2.14 bits per heavy atom. The predicted molar refractivity (Wildman–Crippen MR) is 112 cm³/mol. The second-order valence-electron chi connectivity index (χ2n) is 7.75. The minimum absolute atomic E-state index is 0.0287. The van der Waals surface area contributed by atoms with E-state index in [2.05, 4.69) is 9.68 Å². The Bertz CT molecular complexity index is 1000. The number of carbonyl (C=O) groups is 2. The molecule has 0 aliphatic carbocycles. The van der Waals surface area contributed by atoms with Crippen molar-refractivity contribution in [1.82, 2.24) is 0 Å². The van der Waals surface area contributed by atoms with Crippen LogP contribution in [0.4, 0.5) is 10.5 Å². The number of hydrogen-bond acceptors (Lipinski definition) is 15. The van der Waals surface area contributed by atoms with Gasteiger partial charge in [0.1, 0.15) is 30.7 Å². The summed E-state index contributed by atoms with van der Waals surface area (Å²) in [4.78, 5) is 63.5. The molecule has 202 valence electrons. The Kier molecular flexibility index (Phi) is 9.27. The normalized spacial score (nSPS) is 22.8. The van der Waals surface area contributed by atoms with E-state index in [1.54, 1.807) is 0 Å². The summed E-state index contributed by atoms with van der Waals surface area (Å²) in [6.45, 7) is -0.776. The fraction of sp³-hybridized carbons (Fsp3) is 0.579. The minimum Gasteiger partial charge on any atom is -0.457 e. The first kappa shape index (κ1) is 27.3. The van der Waals surface area contributed by atoms with Crippen LogP contribution in [0.1, 0.15) is 19.3 Å². The average Bonchev–Trinajstić information content (AvgIpc) is 3.40. The number of esters is 1. The number of fused-ring (bicyclic) bond motifs is 1. The predicted octanol–water partition coefficient (Wildman–Crippen LogP) is 1.14. The van der Waals surface area contributed by atoms with Crippen LogP contribution >= 0.6 is 0 Å². The standard InChI is InChI=1S/C19H21N3O15/c23-16(3-1-2-13(37-22(29)30)8-33-21(27)28)35-14-9-31-18-15(10-32-17(14)18)36-19(24)34-12-6-4-11(5-7-12)20(25)26/h4-7,13-15,17-18H,1-3,8-10H2/t13?,14-,15-,17-,18-/m1/s1. The van der Waals surface area contributed by atoms with Gasteiger partial charge in [-0.3, -0.25) is 14.9 Å². The van der Waals surface area contributed by atoms with Gasteiger partial charge in [0.15, 0.2) is 12.2 Å². The van der Waals surface area contributed by atoms with E-state index in [1.807, 2.05) is 0 Å². The van der Waals surface area contributed by atoms with Crippen molar-refractivity contribution in [2.24, 2.45) is 0 Å². The highest BCUT2D eigenvalue weighted by Crippen LogP contribution is 2.31. The molecule has 1 unspecified atom stereocenters. The molecule has 0 aromatic heterocycles. The lowest BCUT2D eigenvalue weighted by atomic mass is 10.1. The summed E-state index contributed by atoms with van der Waals surface area (Å²) in [6, 6.07) is 4.78. The molecular weight excluding hydrogens is 510 g/mol. The van der Waals surface area contributed by atoms with E-state index >= 15 is 0 Å². The van der Waals surface area contributed by atoms with Gasteiger partial charge in [0, 0.05) is 18.6 Å². The third-order valence-corrected chi connectivity index (χ3v) is 5.25. The first-order valence-corrected chi connectivity index (χ1v) is 10.8. The van der Waals surface area contributed by atoms with Crippen LogP contribution in [0.15, 0.2) is 24.3 Å². The van der Waals surface area contributed by atoms with E-state index < -0.39 is 64.3 Å². The molecule has 2 heterocycles. The molecule has 0 spiro atoms. The highest BCUT2D eigenvalue weighted by atomic mass is 17.0. The topological polar surface area (TPSA) is 228 Å². The molecule has 1 aromatic rings.